The molecule has 0 radical (unpaired) electrons. The lowest BCUT2D eigenvalue weighted by Crippen LogP contribution is -2.10. The summed E-state index contributed by atoms with van der Waals surface area (Å²) in [6.07, 6.45) is 1.61. The van der Waals surface area contributed by atoms with Crippen LogP contribution in [-0.2, 0) is 0 Å². The number of nitro benzene ring substituents is 1. The van der Waals surface area contributed by atoms with Gasteiger partial charge in [0.15, 0.2) is 0 Å². The molecule has 1 aromatic rings. The van der Waals surface area contributed by atoms with Gasteiger partial charge in [-0.05, 0) is 6.07 Å². The highest BCUT2D eigenvalue weighted by Gasteiger charge is 2.09. The molecule has 1 aromatic carbocycles. The Hall–Kier alpha value is -1.84. The molecule has 0 atom stereocenters. The first-order valence-electron chi connectivity index (χ1n) is 4.14. The molecule has 0 aliphatic heterocycles. The van der Waals surface area contributed by atoms with Gasteiger partial charge in [0.1, 0.15) is 0 Å². The van der Waals surface area contributed by atoms with Gasteiger partial charge < -0.3 is 4.90 Å². The van der Waals surface area contributed by atoms with Crippen LogP contribution in [0.1, 0.15) is 5.56 Å². The molecule has 4 heteroatoms. The standard InChI is InChI=1S/C10H12N2O2/c1-4-8-7-9(12(13)14)5-6-10(8)11(2)3/h4-7H,1H2,2-3H3. The van der Waals surface area contributed by atoms with Crippen molar-refractivity contribution in [3.05, 3.63) is 40.5 Å². The number of nitro groups is 1. The molecule has 0 bridgehead atoms. The Morgan fingerprint density at radius 2 is 2.14 bits per heavy atom. The molecule has 4 nitrogen and oxygen atoms in total. The highest BCUT2D eigenvalue weighted by Crippen LogP contribution is 2.24. The van der Waals surface area contributed by atoms with Crippen LogP contribution >= 0.6 is 0 Å². The van der Waals surface area contributed by atoms with Crippen molar-refractivity contribution in [1.29, 1.82) is 0 Å². The third-order valence-corrected chi connectivity index (χ3v) is 1.92. The Morgan fingerprint density at radius 1 is 1.50 bits per heavy atom. The Morgan fingerprint density at radius 3 is 2.57 bits per heavy atom. The summed E-state index contributed by atoms with van der Waals surface area (Å²) in [7, 11) is 3.77. The molecule has 0 aromatic heterocycles. The Labute approximate surface area is 82.6 Å². The number of hydrogen-bond donors (Lipinski definition) is 0. The second-order valence-electron chi connectivity index (χ2n) is 3.10. The molecule has 0 amide bonds. The van der Waals surface area contributed by atoms with Gasteiger partial charge in [-0.2, -0.15) is 0 Å². The predicted molar refractivity (Wildman–Crippen MR) is 57.5 cm³/mol. The molecule has 74 valence electrons. The van der Waals surface area contributed by atoms with Crippen LogP contribution < -0.4 is 4.90 Å². The molecule has 14 heavy (non-hydrogen) atoms. The first-order valence-corrected chi connectivity index (χ1v) is 4.14. The van der Waals surface area contributed by atoms with Gasteiger partial charge in [-0.25, -0.2) is 0 Å². The van der Waals surface area contributed by atoms with Crippen molar-refractivity contribution in [2.75, 3.05) is 19.0 Å². The fourth-order valence-electron chi connectivity index (χ4n) is 1.23. The fraction of sp³-hybridized carbons (Fsp3) is 0.200. The largest absolute Gasteiger partial charge is 0.377 e. The van der Waals surface area contributed by atoms with Gasteiger partial charge in [0.25, 0.3) is 5.69 Å². The highest BCUT2D eigenvalue weighted by atomic mass is 16.6. The van der Waals surface area contributed by atoms with Gasteiger partial charge in [0.2, 0.25) is 0 Å². The van der Waals surface area contributed by atoms with Crippen LogP contribution in [0.2, 0.25) is 0 Å². The average molecular weight is 192 g/mol. The monoisotopic (exact) mass is 192 g/mol. The zero-order valence-electron chi connectivity index (χ0n) is 8.23. The molecule has 0 saturated carbocycles. The minimum atomic E-state index is -0.410. The maximum absolute atomic E-state index is 10.5. The maximum Gasteiger partial charge on any atom is 0.270 e. The van der Waals surface area contributed by atoms with E-state index >= 15 is 0 Å². The normalized spacial score (nSPS) is 9.57. The third kappa shape index (κ3) is 1.90. The van der Waals surface area contributed by atoms with Crippen molar-refractivity contribution >= 4 is 17.5 Å². The summed E-state index contributed by atoms with van der Waals surface area (Å²) < 4.78 is 0. The quantitative estimate of drug-likeness (QED) is 0.545. The molecule has 1 rings (SSSR count). The average Bonchev–Trinajstić information content (AvgIpc) is 2.16. The van der Waals surface area contributed by atoms with E-state index in [1.54, 1.807) is 12.1 Å². The number of benzene rings is 1. The highest BCUT2D eigenvalue weighted by molar-refractivity contribution is 5.69. The molecule has 0 unspecified atom stereocenters. The van der Waals surface area contributed by atoms with Crippen LogP contribution in [0, 0.1) is 10.1 Å². The van der Waals surface area contributed by atoms with Crippen LogP contribution in [0.15, 0.2) is 24.8 Å². The van der Waals surface area contributed by atoms with Crippen LogP contribution in [0.3, 0.4) is 0 Å². The van der Waals surface area contributed by atoms with Gasteiger partial charge in [-0.1, -0.05) is 12.7 Å². The lowest BCUT2D eigenvalue weighted by molar-refractivity contribution is -0.384. The summed E-state index contributed by atoms with van der Waals surface area (Å²) >= 11 is 0. The van der Waals surface area contributed by atoms with Gasteiger partial charge in [0, 0.05) is 37.5 Å². The SMILES string of the molecule is C=Cc1cc([N+](=O)[O-])ccc1N(C)C. The van der Waals surface area contributed by atoms with E-state index in [-0.39, 0.29) is 5.69 Å². The molecule has 0 fully saturated rings. The fourth-order valence-corrected chi connectivity index (χ4v) is 1.23. The molecule has 0 N–H and O–H groups in total. The van der Waals surface area contributed by atoms with Crippen molar-refractivity contribution in [2.45, 2.75) is 0 Å². The zero-order chi connectivity index (χ0) is 10.7. The summed E-state index contributed by atoms with van der Waals surface area (Å²) in [6.45, 7) is 3.63. The number of anilines is 1. The lowest BCUT2D eigenvalue weighted by atomic mass is 10.1. The van der Waals surface area contributed by atoms with Gasteiger partial charge >= 0.3 is 0 Å². The van der Waals surface area contributed by atoms with Gasteiger partial charge in [-0.15, -0.1) is 0 Å². The number of non-ortho nitro benzene ring substituents is 1. The van der Waals surface area contributed by atoms with Crippen molar-refractivity contribution in [2.24, 2.45) is 0 Å². The first-order chi connectivity index (χ1) is 6.56. The smallest absolute Gasteiger partial charge is 0.270 e. The first kappa shape index (κ1) is 10.2. The van der Waals surface area contributed by atoms with E-state index < -0.39 is 4.92 Å². The zero-order valence-corrected chi connectivity index (χ0v) is 8.23. The van der Waals surface area contributed by atoms with Crippen LogP contribution in [0.5, 0.6) is 0 Å². The Balaban J connectivity index is 3.25. The number of nitrogens with zero attached hydrogens (tertiary/aromatic N) is 2. The van der Waals surface area contributed by atoms with Crippen molar-refractivity contribution in [1.82, 2.24) is 0 Å². The van der Waals surface area contributed by atoms with E-state index in [9.17, 15) is 10.1 Å². The molecule has 0 aliphatic rings. The van der Waals surface area contributed by atoms with Crippen LogP contribution in [-0.4, -0.2) is 19.0 Å². The van der Waals surface area contributed by atoms with E-state index in [0.29, 0.717) is 0 Å². The van der Waals surface area contributed by atoms with Crippen molar-refractivity contribution in [3.63, 3.8) is 0 Å². The minimum Gasteiger partial charge on any atom is -0.377 e. The summed E-state index contributed by atoms with van der Waals surface area (Å²) in [6, 6.07) is 4.72. The van der Waals surface area contributed by atoms with Crippen molar-refractivity contribution < 1.29 is 4.92 Å². The second kappa shape index (κ2) is 3.91. The molecule has 0 spiro atoms. The van der Waals surface area contributed by atoms with Gasteiger partial charge in [-0.3, -0.25) is 10.1 Å². The van der Waals surface area contributed by atoms with Gasteiger partial charge in [0.05, 0.1) is 4.92 Å². The van der Waals surface area contributed by atoms with Crippen molar-refractivity contribution in [3.8, 4) is 0 Å². The van der Waals surface area contributed by atoms with E-state index in [1.165, 1.54) is 12.1 Å². The Bertz CT molecular complexity index is 372. The summed E-state index contributed by atoms with van der Waals surface area (Å²) in [5.41, 5.74) is 1.78. The topological polar surface area (TPSA) is 46.4 Å². The lowest BCUT2D eigenvalue weighted by Gasteiger charge is -2.14. The third-order valence-electron chi connectivity index (χ3n) is 1.92. The second-order valence-corrected chi connectivity index (χ2v) is 3.10. The van der Waals surface area contributed by atoms with Crippen LogP contribution in [0.25, 0.3) is 6.08 Å². The maximum atomic E-state index is 10.5. The minimum absolute atomic E-state index is 0.0884. The summed E-state index contributed by atoms with van der Waals surface area (Å²) in [5.74, 6) is 0. The molecular weight excluding hydrogens is 180 g/mol. The summed E-state index contributed by atoms with van der Waals surface area (Å²) in [4.78, 5) is 12.0. The van der Waals surface area contributed by atoms with Crippen LogP contribution in [0.4, 0.5) is 11.4 Å². The predicted octanol–water partition coefficient (Wildman–Crippen LogP) is 2.30. The number of rotatable bonds is 3. The molecule has 0 aliphatic carbocycles. The van der Waals surface area contributed by atoms with E-state index in [4.69, 9.17) is 0 Å². The van der Waals surface area contributed by atoms with E-state index in [2.05, 4.69) is 6.58 Å². The number of hydrogen-bond acceptors (Lipinski definition) is 3. The Kier molecular flexibility index (Phi) is 2.86. The molecule has 0 saturated heterocycles. The molecule has 0 heterocycles. The van der Waals surface area contributed by atoms with E-state index in [0.717, 1.165) is 11.3 Å². The summed E-state index contributed by atoms with van der Waals surface area (Å²) in [5, 5.41) is 10.5. The molecular formula is C10H12N2O2. The van der Waals surface area contributed by atoms with E-state index in [1.807, 2.05) is 19.0 Å².